The summed E-state index contributed by atoms with van der Waals surface area (Å²) in [7, 11) is -11.5. The number of hydrogen-bond acceptors (Lipinski definition) is 7. The Kier molecular flexibility index (Phi) is 9.89. The van der Waals surface area contributed by atoms with E-state index in [0.29, 0.717) is 23.6 Å². The quantitative estimate of drug-likeness (QED) is 0.160. The number of nitrogens with zero attached hydrogens (tertiary/aromatic N) is 3. The van der Waals surface area contributed by atoms with Gasteiger partial charge in [0.25, 0.3) is 0 Å². The Balaban J connectivity index is 1.64. The molecule has 4 aromatic carbocycles. The Morgan fingerprint density at radius 3 is 1.42 bits per heavy atom. The summed E-state index contributed by atoms with van der Waals surface area (Å²) in [6.07, 6.45) is 0. The standard InChI is InChI=1S/C38H44N3O6PS2/c1-27-18-22-31(23-19-27)49(42,43)40-34(29-14-10-8-11-15-29)35(30-16-12-9-13-17-30)41(50(44,45)32-24-20-28(2)21-25-32)48(40)47-38(6,7)36-39-33(26-46-36)37(3,4)5/h8-25,33-35H,26H2,1-7H3/t33-,34+,35+/m1/s1. The van der Waals surface area contributed by atoms with E-state index in [0.717, 1.165) is 11.1 Å². The largest absolute Gasteiger partial charge is 0.477 e. The second-order valence-corrected chi connectivity index (χ2v) is 20.1. The maximum Gasteiger partial charge on any atom is 0.249 e. The lowest BCUT2D eigenvalue weighted by Crippen LogP contribution is -2.38. The number of benzene rings is 4. The smallest absolute Gasteiger partial charge is 0.249 e. The Hall–Kier alpha value is -3.44. The summed E-state index contributed by atoms with van der Waals surface area (Å²) in [5.41, 5.74) is 1.50. The van der Waals surface area contributed by atoms with E-state index in [1.807, 2.05) is 74.5 Å². The monoisotopic (exact) mass is 733 g/mol. The van der Waals surface area contributed by atoms with Crippen molar-refractivity contribution in [2.75, 3.05) is 6.61 Å². The van der Waals surface area contributed by atoms with Gasteiger partial charge in [-0.2, -0.15) is 0 Å². The summed E-state index contributed by atoms with van der Waals surface area (Å²) in [6, 6.07) is 29.3. The lowest BCUT2D eigenvalue weighted by atomic mass is 9.88. The first kappa shape index (κ1) is 36.4. The SMILES string of the molecule is Cc1ccc(S(=O)(=O)N2[C@@H](c3ccccc3)[C@H](c3ccccc3)N(S(=O)(=O)c3ccc(C)cc3)P2OC(C)(C)C2=N[C@@H](C(C)(C)C)CO2)cc1. The van der Waals surface area contributed by atoms with Crippen molar-refractivity contribution in [3.63, 3.8) is 0 Å². The molecule has 2 aliphatic rings. The normalized spacial score (nSPS) is 21.3. The van der Waals surface area contributed by atoms with Crippen molar-refractivity contribution in [3.05, 3.63) is 131 Å². The van der Waals surface area contributed by atoms with Crippen LogP contribution in [0.3, 0.4) is 0 Å². The Bertz CT molecular complexity index is 1940. The van der Waals surface area contributed by atoms with E-state index < -0.39 is 46.2 Å². The molecule has 6 rings (SSSR count). The van der Waals surface area contributed by atoms with Gasteiger partial charge in [-0.1, -0.05) is 117 Å². The van der Waals surface area contributed by atoms with E-state index in [-0.39, 0.29) is 21.2 Å². The Morgan fingerprint density at radius 1 is 0.660 bits per heavy atom. The average molecular weight is 734 g/mol. The average Bonchev–Trinajstić information content (AvgIpc) is 3.72. The van der Waals surface area contributed by atoms with Crippen molar-refractivity contribution in [2.24, 2.45) is 10.4 Å². The van der Waals surface area contributed by atoms with Crippen LogP contribution in [0.4, 0.5) is 0 Å². The predicted octanol–water partition coefficient (Wildman–Crippen LogP) is 8.35. The van der Waals surface area contributed by atoms with Gasteiger partial charge >= 0.3 is 0 Å². The van der Waals surface area contributed by atoms with Crippen LogP contribution in [-0.2, 0) is 29.3 Å². The minimum Gasteiger partial charge on any atom is -0.477 e. The molecular formula is C38H44N3O6PS2. The van der Waals surface area contributed by atoms with Gasteiger partial charge in [0, 0.05) is 0 Å². The molecule has 0 amide bonds. The maximum absolute atomic E-state index is 15.1. The van der Waals surface area contributed by atoms with Crippen LogP contribution in [0.25, 0.3) is 0 Å². The molecule has 50 heavy (non-hydrogen) atoms. The van der Waals surface area contributed by atoms with Crippen molar-refractivity contribution in [3.8, 4) is 0 Å². The first-order chi connectivity index (χ1) is 23.5. The summed E-state index contributed by atoms with van der Waals surface area (Å²) < 4.78 is 76.2. The lowest BCUT2D eigenvalue weighted by molar-refractivity contribution is 0.146. The van der Waals surface area contributed by atoms with Crippen LogP contribution >= 0.6 is 8.45 Å². The highest BCUT2D eigenvalue weighted by molar-refractivity contribution is 7.98. The molecule has 0 aromatic heterocycles. The number of ether oxygens (including phenoxy) is 1. The molecule has 4 aromatic rings. The van der Waals surface area contributed by atoms with Crippen LogP contribution in [-0.4, -0.2) is 49.1 Å². The molecule has 1 fully saturated rings. The molecule has 12 heteroatoms. The fourth-order valence-electron chi connectivity index (χ4n) is 6.05. The topological polar surface area (TPSA) is 106 Å². The highest BCUT2D eigenvalue weighted by Crippen LogP contribution is 2.69. The van der Waals surface area contributed by atoms with Gasteiger partial charge in [0.2, 0.25) is 34.4 Å². The molecule has 0 unspecified atom stereocenters. The highest BCUT2D eigenvalue weighted by atomic mass is 32.2. The van der Waals surface area contributed by atoms with Gasteiger partial charge in [-0.15, -0.1) is 8.15 Å². The van der Waals surface area contributed by atoms with E-state index in [9.17, 15) is 0 Å². The highest BCUT2D eigenvalue weighted by Gasteiger charge is 2.61. The summed E-state index contributed by atoms with van der Waals surface area (Å²) >= 11 is 0. The van der Waals surface area contributed by atoms with Crippen molar-refractivity contribution in [2.45, 2.75) is 82.0 Å². The van der Waals surface area contributed by atoms with Gasteiger partial charge in [0.15, 0.2) is 0 Å². The number of sulfonamides is 2. The number of aliphatic imine (C=N–C) groups is 1. The van der Waals surface area contributed by atoms with Crippen LogP contribution in [0, 0.1) is 19.3 Å². The fraction of sp³-hybridized carbons (Fsp3) is 0.342. The van der Waals surface area contributed by atoms with E-state index in [1.165, 1.54) is 8.15 Å². The van der Waals surface area contributed by atoms with Crippen LogP contribution in [0.2, 0.25) is 0 Å². The minimum absolute atomic E-state index is 0.0292. The molecular weight excluding hydrogens is 690 g/mol. The summed E-state index contributed by atoms with van der Waals surface area (Å²) in [4.78, 5) is 4.94. The molecule has 3 atom stereocenters. The molecule has 0 spiro atoms. The maximum atomic E-state index is 15.1. The van der Waals surface area contributed by atoms with Crippen molar-refractivity contribution in [1.29, 1.82) is 0 Å². The molecule has 0 saturated carbocycles. The van der Waals surface area contributed by atoms with E-state index in [1.54, 1.807) is 62.4 Å². The third-order valence-corrected chi connectivity index (χ3v) is 16.1. The van der Waals surface area contributed by atoms with E-state index >= 15 is 16.8 Å². The molecule has 0 N–H and O–H groups in total. The Morgan fingerprint density at radius 2 is 1.06 bits per heavy atom. The third-order valence-electron chi connectivity index (χ3n) is 9.00. The van der Waals surface area contributed by atoms with Gasteiger partial charge in [0.05, 0.1) is 27.9 Å². The van der Waals surface area contributed by atoms with Crippen molar-refractivity contribution in [1.82, 2.24) is 8.15 Å². The van der Waals surface area contributed by atoms with Gasteiger partial charge in [-0.05, 0) is 68.5 Å². The second-order valence-electron chi connectivity index (χ2n) is 14.4. The molecule has 264 valence electrons. The minimum atomic E-state index is -4.40. The summed E-state index contributed by atoms with van der Waals surface area (Å²) in [6.45, 7) is 13.8. The molecule has 2 aliphatic heterocycles. The molecule has 2 heterocycles. The zero-order chi connectivity index (χ0) is 36.1. The predicted molar refractivity (Wildman–Crippen MR) is 197 cm³/mol. The zero-order valence-corrected chi connectivity index (χ0v) is 31.9. The van der Waals surface area contributed by atoms with Gasteiger partial charge in [-0.25, -0.2) is 21.8 Å². The van der Waals surface area contributed by atoms with Crippen molar-refractivity contribution >= 4 is 34.4 Å². The van der Waals surface area contributed by atoms with E-state index in [4.69, 9.17) is 14.3 Å². The van der Waals surface area contributed by atoms with Crippen LogP contribution < -0.4 is 0 Å². The number of hydrogen-bond donors (Lipinski definition) is 0. The molecule has 0 radical (unpaired) electrons. The lowest BCUT2D eigenvalue weighted by Gasteiger charge is -2.35. The van der Waals surface area contributed by atoms with Gasteiger partial charge < -0.3 is 9.26 Å². The third kappa shape index (κ3) is 6.92. The van der Waals surface area contributed by atoms with Gasteiger partial charge in [-0.3, -0.25) is 0 Å². The molecule has 0 aliphatic carbocycles. The molecule has 1 saturated heterocycles. The van der Waals surface area contributed by atoms with Crippen LogP contribution in [0.15, 0.2) is 124 Å². The summed E-state index contributed by atoms with van der Waals surface area (Å²) in [5.74, 6) is 0.291. The van der Waals surface area contributed by atoms with Crippen molar-refractivity contribution < 1.29 is 26.1 Å². The van der Waals surface area contributed by atoms with Gasteiger partial charge in [0.1, 0.15) is 12.2 Å². The second kappa shape index (κ2) is 13.6. The van der Waals surface area contributed by atoms with Crippen LogP contribution in [0.1, 0.15) is 69.0 Å². The molecule has 9 nitrogen and oxygen atoms in total. The summed E-state index contributed by atoms with van der Waals surface area (Å²) in [5, 5.41) is 0. The van der Waals surface area contributed by atoms with E-state index in [2.05, 4.69) is 20.8 Å². The van der Waals surface area contributed by atoms with Crippen LogP contribution in [0.5, 0.6) is 0 Å². The first-order valence-electron chi connectivity index (χ1n) is 16.5. The number of aryl methyl sites for hydroxylation is 2. The zero-order valence-electron chi connectivity index (χ0n) is 29.4. The Labute approximate surface area is 298 Å². The number of rotatable bonds is 9. The molecule has 0 bridgehead atoms. The first-order valence-corrected chi connectivity index (χ1v) is 20.6. The fourth-order valence-corrected chi connectivity index (χ4v) is 13.1.